The van der Waals surface area contributed by atoms with E-state index < -0.39 is 34.5 Å². The highest BCUT2D eigenvalue weighted by Crippen LogP contribution is 2.63. The first kappa shape index (κ1) is 30.3. The number of hydrogen-bond acceptors (Lipinski definition) is 6. The molecule has 0 aromatic heterocycles. The molecule has 3 atom stereocenters. The highest BCUT2D eigenvalue weighted by molar-refractivity contribution is 6.19. The largest absolute Gasteiger partial charge is 0.457 e. The molecule has 5 rings (SSSR count). The van der Waals surface area contributed by atoms with Crippen molar-refractivity contribution in [1.29, 1.82) is 0 Å². The molecular weight excluding hydrogens is 542 g/mol. The maximum absolute atomic E-state index is 13.7. The first-order chi connectivity index (χ1) is 20.4. The van der Waals surface area contributed by atoms with Crippen molar-refractivity contribution in [3.63, 3.8) is 0 Å². The summed E-state index contributed by atoms with van der Waals surface area (Å²) in [7, 11) is 0. The van der Waals surface area contributed by atoms with Crippen molar-refractivity contribution in [1.82, 2.24) is 10.6 Å². The molecular formula is C35H41N3O5. The highest BCUT2D eigenvalue weighted by atomic mass is 16.5. The Kier molecular flexibility index (Phi) is 8.07. The van der Waals surface area contributed by atoms with Gasteiger partial charge >= 0.3 is 0 Å². The molecule has 1 aliphatic carbocycles. The fourth-order valence-electron chi connectivity index (χ4n) is 7.36. The number of rotatable bonds is 9. The van der Waals surface area contributed by atoms with E-state index >= 15 is 0 Å². The van der Waals surface area contributed by atoms with Crippen molar-refractivity contribution in [2.75, 3.05) is 5.73 Å². The van der Waals surface area contributed by atoms with Crippen molar-refractivity contribution in [3.8, 4) is 11.5 Å². The van der Waals surface area contributed by atoms with E-state index in [4.69, 9.17) is 10.5 Å². The highest BCUT2D eigenvalue weighted by Gasteiger charge is 2.61. The number of hydrogen-bond donors (Lipinski definition) is 3. The van der Waals surface area contributed by atoms with Crippen LogP contribution in [0.5, 0.6) is 11.5 Å². The molecule has 0 saturated heterocycles. The van der Waals surface area contributed by atoms with Gasteiger partial charge in [-0.15, -0.1) is 0 Å². The number of carbonyl (C=O) groups excluding carboxylic acids is 4. The Hall–Kier alpha value is -4.20. The topological polar surface area (TPSA) is 128 Å². The number of amides is 4. The van der Waals surface area contributed by atoms with E-state index in [1.807, 2.05) is 32.0 Å². The maximum atomic E-state index is 13.7. The van der Waals surface area contributed by atoms with Gasteiger partial charge in [0.05, 0.1) is 0 Å². The Balaban J connectivity index is 1.80. The van der Waals surface area contributed by atoms with Crippen LogP contribution in [0.1, 0.15) is 76.5 Å². The lowest BCUT2D eigenvalue weighted by Gasteiger charge is -2.56. The van der Waals surface area contributed by atoms with E-state index in [2.05, 4.69) is 37.5 Å². The number of carbonyl (C=O) groups is 4. The molecule has 0 spiro atoms. The predicted molar refractivity (Wildman–Crippen MR) is 165 cm³/mol. The minimum atomic E-state index is -1.06. The average Bonchev–Trinajstić information content (AvgIpc) is 3.49. The summed E-state index contributed by atoms with van der Waals surface area (Å²) in [5.74, 6) is 0.0386. The van der Waals surface area contributed by atoms with Gasteiger partial charge in [0, 0.05) is 39.8 Å². The van der Waals surface area contributed by atoms with Gasteiger partial charge in [-0.1, -0.05) is 40.2 Å². The molecule has 4 N–H and O–H groups in total. The first-order valence-electron chi connectivity index (χ1n) is 15.2. The fraction of sp³-hybridized carbons (Fsp3) is 0.429. The minimum Gasteiger partial charge on any atom is -0.457 e. The summed E-state index contributed by atoms with van der Waals surface area (Å²) in [4.78, 5) is 52.2. The summed E-state index contributed by atoms with van der Waals surface area (Å²) in [5.41, 5.74) is 7.94. The summed E-state index contributed by atoms with van der Waals surface area (Å²) in [6.45, 7) is 10.4. The molecule has 2 aromatic rings. The Morgan fingerprint density at radius 2 is 1.60 bits per heavy atom. The lowest BCUT2D eigenvalue weighted by molar-refractivity contribution is -0.127. The number of nitrogens with two attached hydrogens (primary N) is 1. The van der Waals surface area contributed by atoms with Crippen molar-refractivity contribution in [2.45, 2.75) is 78.6 Å². The van der Waals surface area contributed by atoms with Crippen LogP contribution in [0.15, 0.2) is 59.7 Å². The van der Waals surface area contributed by atoms with E-state index in [0.29, 0.717) is 47.1 Å². The number of nitrogens with one attached hydrogen (secondary N) is 2. The molecule has 2 aromatic carbocycles. The van der Waals surface area contributed by atoms with Crippen LogP contribution in [0.25, 0.3) is 0 Å². The monoisotopic (exact) mass is 583 g/mol. The van der Waals surface area contributed by atoms with Gasteiger partial charge in [-0.25, -0.2) is 0 Å². The molecule has 4 amide bonds. The van der Waals surface area contributed by atoms with Crippen LogP contribution in [-0.2, 0) is 31.0 Å². The smallest absolute Gasteiger partial charge is 0.255 e. The quantitative estimate of drug-likeness (QED) is 0.261. The Labute approximate surface area is 253 Å². The third-order valence-corrected chi connectivity index (χ3v) is 9.81. The number of ether oxygens (including phenoxy) is 1. The first-order valence-corrected chi connectivity index (χ1v) is 15.2. The molecule has 3 unspecified atom stereocenters. The zero-order valence-electron chi connectivity index (χ0n) is 25.6. The van der Waals surface area contributed by atoms with E-state index in [-0.39, 0.29) is 5.92 Å². The van der Waals surface area contributed by atoms with Crippen LogP contribution in [0.3, 0.4) is 0 Å². The van der Waals surface area contributed by atoms with Gasteiger partial charge in [-0.05, 0) is 97.9 Å². The van der Waals surface area contributed by atoms with Crippen molar-refractivity contribution in [3.05, 3.63) is 76.4 Å². The molecule has 2 heterocycles. The van der Waals surface area contributed by atoms with Gasteiger partial charge in [0.1, 0.15) is 11.5 Å². The molecule has 2 aliphatic heterocycles. The number of aryl methyl sites for hydroxylation is 2. The number of anilines is 1. The summed E-state index contributed by atoms with van der Waals surface area (Å²) in [6.07, 6.45) is 7.34. The van der Waals surface area contributed by atoms with Gasteiger partial charge < -0.3 is 10.5 Å². The summed E-state index contributed by atoms with van der Waals surface area (Å²) < 4.78 is 6.40. The number of nitrogen functional groups attached to an aromatic ring is 1. The van der Waals surface area contributed by atoms with Crippen molar-refractivity contribution < 1.29 is 23.9 Å². The normalized spacial score (nSPS) is 25.5. The second kappa shape index (κ2) is 11.5. The maximum Gasteiger partial charge on any atom is 0.255 e. The third-order valence-electron chi connectivity index (χ3n) is 9.81. The average molecular weight is 584 g/mol. The second-order valence-electron chi connectivity index (χ2n) is 12.8. The van der Waals surface area contributed by atoms with Crippen molar-refractivity contribution in [2.24, 2.45) is 17.3 Å². The van der Waals surface area contributed by atoms with Gasteiger partial charge in [-0.2, -0.15) is 0 Å². The zero-order valence-corrected chi connectivity index (χ0v) is 25.6. The SMILES string of the molecule is CCCCc1cc(C2(C3=CC(=O)NC3=O)CC(C(C)C)CCC2(C)C2=CC(=O)NC2=O)c(C)cc1Oc1ccc(N)cc1. The van der Waals surface area contributed by atoms with Crippen LogP contribution < -0.4 is 21.1 Å². The molecule has 0 radical (unpaired) electrons. The molecule has 1 saturated carbocycles. The van der Waals surface area contributed by atoms with Crippen LogP contribution >= 0.6 is 0 Å². The number of imide groups is 2. The zero-order chi connectivity index (χ0) is 31.1. The summed E-state index contributed by atoms with van der Waals surface area (Å²) >= 11 is 0. The van der Waals surface area contributed by atoms with E-state index in [1.165, 1.54) is 12.2 Å². The van der Waals surface area contributed by atoms with Crippen molar-refractivity contribution >= 4 is 29.3 Å². The van der Waals surface area contributed by atoms with Crippen LogP contribution in [0, 0.1) is 24.2 Å². The Morgan fingerprint density at radius 1 is 0.977 bits per heavy atom. The minimum absolute atomic E-state index is 0.211. The van der Waals surface area contributed by atoms with E-state index in [0.717, 1.165) is 42.4 Å². The van der Waals surface area contributed by atoms with Gasteiger partial charge in [0.25, 0.3) is 23.6 Å². The van der Waals surface area contributed by atoms with Gasteiger partial charge in [0.15, 0.2) is 0 Å². The molecule has 0 bridgehead atoms. The predicted octanol–water partition coefficient (Wildman–Crippen LogP) is 5.58. The van der Waals surface area contributed by atoms with Gasteiger partial charge in [-0.3, -0.25) is 29.8 Å². The molecule has 8 heteroatoms. The fourth-order valence-corrected chi connectivity index (χ4v) is 7.36. The molecule has 1 fully saturated rings. The van der Waals surface area contributed by atoms with Gasteiger partial charge in [0.2, 0.25) is 0 Å². The lowest BCUT2D eigenvalue weighted by atomic mass is 9.45. The summed E-state index contributed by atoms with van der Waals surface area (Å²) in [5, 5.41) is 4.91. The second-order valence-corrected chi connectivity index (χ2v) is 12.8. The van der Waals surface area contributed by atoms with E-state index in [1.54, 1.807) is 12.1 Å². The molecule has 226 valence electrons. The standard InChI is InChI=1S/C35H41N3O5/c1-6-7-8-22-16-26(21(4)15-29(22)43-25-11-9-24(36)10-12-25)35(28-18-31(40)38-33(28)42)19-23(20(2)3)13-14-34(35,5)27-17-30(39)37-32(27)41/h9-12,15-18,20,23H,6-8,13-14,19,36H2,1-5H3,(H,37,39,41)(H,38,40,42). The number of unbranched alkanes of at least 4 members (excludes halogenated alkanes) is 1. The summed E-state index contributed by atoms with van der Waals surface area (Å²) in [6, 6.07) is 11.4. The van der Waals surface area contributed by atoms with Crippen LogP contribution in [0.4, 0.5) is 5.69 Å². The Bertz CT molecular complexity index is 1550. The molecule has 8 nitrogen and oxygen atoms in total. The van der Waals surface area contributed by atoms with E-state index in [9.17, 15) is 19.2 Å². The van der Waals surface area contributed by atoms with Crippen LogP contribution in [-0.4, -0.2) is 23.6 Å². The molecule has 3 aliphatic rings. The third kappa shape index (κ3) is 5.28. The Morgan fingerprint density at radius 3 is 2.16 bits per heavy atom. The number of benzene rings is 2. The van der Waals surface area contributed by atoms with Crippen LogP contribution in [0.2, 0.25) is 0 Å². The molecule has 43 heavy (non-hydrogen) atoms. The lowest BCUT2D eigenvalue weighted by Crippen LogP contribution is -2.54.